The smallest absolute Gasteiger partial charge is 0.262 e. The van der Waals surface area contributed by atoms with Crippen LogP contribution in [0.15, 0.2) is 115 Å². The zero-order valence-corrected chi connectivity index (χ0v) is 34.1. The first-order valence-electron chi connectivity index (χ1n) is 20.0. The average Bonchev–Trinajstić information content (AvgIpc) is 3.50. The number of Topliss-reactive ketones (excluding diaryl/α,β-unsaturated/α-hetero) is 1. The molecule has 3 fully saturated rings. The minimum Gasteiger partial charge on any atom is -0.374 e. The maximum atomic E-state index is 14.7. The van der Waals surface area contributed by atoms with Gasteiger partial charge in [0, 0.05) is 0 Å². The van der Waals surface area contributed by atoms with Crippen LogP contribution in [-0.4, -0.2) is 102 Å². The number of amides is 2. The molecule has 3 saturated heterocycles. The predicted octanol–water partition coefficient (Wildman–Crippen LogP) is 6.35. The molecule has 8 rings (SSSR count). The first kappa shape index (κ1) is 41.5. The lowest BCUT2D eigenvalue weighted by molar-refractivity contribution is -0.360. The lowest BCUT2D eigenvalue weighted by Crippen LogP contribution is -2.68. The Balaban J connectivity index is 1.16. The van der Waals surface area contributed by atoms with Crippen molar-refractivity contribution < 1.29 is 52.3 Å². The third-order valence-electron chi connectivity index (χ3n) is 10.8. The van der Waals surface area contributed by atoms with E-state index in [0.717, 1.165) is 16.7 Å². The van der Waals surface area contributed by atoms with Crippen LogP contribution in [-0.2, 0) is 62.5 Å². The summed E-state index contributed by atoms with van der Waals surface area (Å²) >= 11 is 1.45. The Morgan fingerprint density at radius 2 is 1.27 bits per heavy atom. The van der Waals surface area contributed by atoms with E-state index in [1.165, 1.54) is 16.7 Å². The molecule has 4 heterocycles. The van der Waals surface area contributed by atoms with Crippen LogP contribution in [0.25, 0.3) is 0 Å². The molecule has 0 saturated carbocycles. The molecule has 0 spiro atoms. The van der Waals surface area contributed by atoms with Gasteiger partial charge in [0.1, 0.15) is 42.0 Å². The number of nitrogens with zero attached hydrogens (tertiary/aromatic N) is 1. The molecular weight excluding hydrogens is 775 g/mol. The summed E-state index contributed by atoms with van der Waals surface area (Å²) in [5, 5.41) is 0. The van der Waals surface area contributed by atoms with Gasteiger partial charge in [-0.15, -0.1) is 11.8 Å². The van der Waals surface area contributed by atoms with Gasteiger partial charge in [-0.1, -0.05) is 110 Å². The largest absolute Gasteiger partial charge is 0.374 e. The Labute approximate surface area is 348 Å². The molecular formula is C46H49NO11S. The second-order valence-electron chi connectivity index (χ2n) is 15.3. The number of benzene rings is 4. The van der Waals surface area contributed by atoms with Gasteiger partial charge in [0.2, 0.25) is 12.1 Å². The van der Waals surface area contributed by atoms with E-state index in [-0.39, 0.29) is 33.0 Å². The Morgan fingerprint density at radius 1 is 0.712 bits per heavy atom. The monoisotopic (exact) mass is 823 g/mol. The normalized spacial score (nSPS) is 29.0. The summed E-state index contributed by atoms with van der Waals surface area (Å²) < 4.78 is 52.0. The van der Waals surface area contributed by atoms with Gasteiger partial charge in [-0.05, 0) is 48.4 Å². The third-order valence-corrected chi connectivity index (χ3v) is 11.8. The van der Waals surface area contributed by atoms with Crippen LogP contribution in [0.4, 0.5) is 0 Å². The second-order valence-corrected chi connectivity index (χ2v) is 16.7. The molecule has 0 radical (unpaired) electrons. The van der Waals surface area contributed by atoms with Crippen molar-refractivity contribution in [1.29, 1.82) is 0 Å². The quantitative estimate of drug-likeness (QED) is 0.124. The van der Waals surface area contributed by atoms with Crippen molar-refractivity contribution in [1.82, 2.24) is 4.90 Å². The maximum Gasteiger partial charge on any atom is 0.262 e. The molecule has 0 unspecified atom stereocenters. The number of imide groups is 1. The topological polar surface area (TPSA) is 128 Å². The lowest BCUT2D eigenvalue weighted by Gasteiger charge is -2.51. The van der Waals surface area contributed by atoms with Gasteiger partial charge in [0.05, 0.1) is 44.2 Å². The number of fused-ring (bicyclic) bond motifs is 2. The molecule has 4 aliphatic heterocycles. The molecule has 9 atom stereocenters. The summed E-state index contributed by atoms with van der Waals surface area (Å²) in [7, 11) is 0. The molecule has 4 aromatic carbocycles. The molecule has 4 aliphatic rings. The van der Waals surface area contributed by atoms with Crippen LogP contribution >= 0.6 is 11.8 Å². The van der Waals surface area contributed by atoms with Gasteiger partial charge in [0.15, 0.2) is 11.9 Å². The van der Waals surface area contributed by atoms with E-state index in [2.05, 4.69) is 0 Å². The molecule has 13 heteroatoms. The first-order valence-corrected chi connectivity index (χ1v) is 21.1. The molecule has 0 aliphatic carbocycles. The molecule has 0 bridgehead atoms. The van der Waals surface area contributed by atoms with Crippen molar-refractivity contribution in [3.05, 3.63) is 143 Å². The zero-order chi connectivity index (χ0) is 40.9. The Morgan fingerprint density at radius 3 is 1.86 bits per heavy atom. The van der Waals surface area contributed by atoms with Crippen molar-refractivity contribution in [2.24, 2.45) is 0 Å². The SMILES string of the molecule is CCS[C@@H]1O[C@H](COCc2ccccc2)[C@@H](O[C@@H]2O[C@@H]3COC(C)(C)O[C@H]3[C@H](OCc3ccccc3)C2=O)[C@H](OCc2ccccc2)[C@@H]1N1C(=O)c2ccccc2C1=O. The minimum absolute atomic E-state index is 0.0294. The maximum absolute atomic E-state index is 14.7. The second kappa shape index (κ2) is 18.5. The molecule has 12 nitrogen and oxygen atoms in total. The molecule has 59 heavy (non-hydrogen) atoms. The van der Waals surface area contributed by atoms with Gasteiger partial charge in [-0.2, -0.15) is 0 Å². The van der Waals surface area contributed by atoms with Gasteiger partial charge in [-0.25, -0.2) is 0 Å². The Bertz CT molecular complexity index is 2020. The average molecular weight is 824 g/mol. The van der Waals surface area contributed by atoms with Crippen LogP contribution in [0.1, 0.15) is 58.2 Å². The van der Waals surface area contributed by atoms with Crippen LogP contribution in [0.5, 0.6) is 0 Å². The van der Waals surface area contributed by atoms with Crippen LogP contribution < -0.4 is 0 Å². The van der Waals surface area contributed by atoms with Crippen molar-refractivity contribution in [2.75, 3.05) is 19.0 Å². The van der Waals surface area contributed by atoms with Crippen molar-refractivity contribution in [2.45, 2.75) is 101 Å². The standard InChI is InChI=1S/C46H49NO11S/c1-4-59-45-36(47-42(49)32-22-14-15-23-33(32)43(47)50)40(52-25-30-18-10-6-11-19-30)38(34(56-45)27-51-24-29-16-8-5-9-17-29)57-44-37(48)41(53-26-31-20-12-7-13-21-31)39-35(55-44)28-54-46(2,3)58-39/h5-23,34-36,38-41,44-45H,4,24-28H2,1-3H3/t34-,35-,36+,38-,39-,40-,41-,44+,45+/m1/s1. The van der Waals surface area contributed by atoms with E-state index in [9.17, 15) is 14.4 Å². The van der Waals surface area contributed by atoms with Crippen LogP contribution in [0.2, 0.25) is 0 Å². The number of thioether (sulfide) groups is 1. The third kappa shape index (κ3) is 9.24. The fourth-order valence-corrected chi connectivity index (χ4v) is 8.98. The van der Waals surface area contributed by atoms with Crippen LogP contribution in [0.3, 0.4) is 0 Å². The number of hydrogen-bond acceptors (Lipinski definition) is 12. The highest BCUT2D eigenvalue weighted by Crippen LogP contribution is 2.41. The molecule has 4 aromatic rings. The summed E-state index contributed by atoms with van der Waals surface area (Å²) in [6.07, 6.45) is -7.05. The van der Waals surface area contributed by atoms with Crippen molar-refractivity contribution >= 4 is 29.4 Å². The van der Waals surface area contributed by atoms with Crippen LogP contribution in [0, 0.1) is 0 Å². The highest BCUT2D eigenvalue weighted by atomic mass is 32.2. The summed E-state index contributed by atoms with van der Waals surface area (Å²) in [5.74, 6) is -1.81. The highest BCUT2D eigenvalue weighted by molar-refractivity contribution is 7.99. The van der Waals surface area contributed by atoms with E-state index in [0.29, 0.717) is 16.9 Å². The molecule has 2 amide bonds. The number of ketones is 1. The summed E-state index contributed by atoms with van der Waals surface area (Å²) in [5.41, 5.74) is 2.53. The van der Waals surface area contributed by atoms with Gasteiger partial charge in [-0.3, -0.25) is 19.3 Å². The predicted molar refractivity (Wildman–Crippen MR) is 217 cm³/mol. The fourth-order valence-electron chi connectivity index (χ4n) is 7.96. The molecule has 0 N–H and O–H groups in total. The van der Waals surface area contributed by atoms with Gasteiger partial charge < -0.3 is 37.9 Å². The first-order chi connectivity index (χ1) is 28.7. The summed E-state index contributed by atoms with van der Waals surface area (Å²) in [6.45, 7) is 6.21. The van der Waals surface area contributed by atoms with E-state index in [1.807, 2.05) is 97.9 Å². The van der Waals surface area contributed by atoms with Crippen molar-refractivity contribution in [3.8, 4) is 0 Å². The number of carbonyl (C=O) groups is 3. The number of hydrogen-bond donors (Lipinski definition) is 0. The van der Waals surface area contributed by atoms with Gasteiger partial charge >= 0.3 is 0 Å². The fraction of sp³-hybridized carbons (Fsp3) is 0.413. The molecule has 0 aromatic heterocycles. The number of carbonyl (C=O) groups excluding carboxylic acids is 3. The highest BCUT2D eigenvalue weighted by Gasteiger charge is 2.58. The van der Waals surface area contributed by atoms with Gasteiger partial charge in [0.25, 0.3) is 11.8 Å². The van der Waals surface area contributed by atoms with E-state index in [1.54, 1.807) is 38.1 Å². The van der Waals surface area contributed by atoms with E-state index in [4.69, 9.17) is 37.9 Å². The summed E-state index contributed by atoms with van der Waals surface area (Å²) in [6, 6.07) is 34.6. The Kier molecular flexibility index (Phi) is 13.0. The molecule has 310 valence electrons. The lowest BCUT2D eigenvalue weighted by atomic mass is 9.94. The minimum atomic E-state index is -1.49. The number of rotatable bonds is 15. The zero-order valence-electron chi connectivity index (χ0n) is 33.3. The Hall–Kier alpha value is -4.28. The van der Waals surface area contributed by atoms with E-state index >= 15 is 0 Å². The van der Waals surface area contributed by atoms with E-state index < -0.39 is 77.8 Å². The summed E-state index contributed by atoms with van der Waals surface area (Å²) in [4.78, 5) is 44.5. The van der Waals surface area contributed by atoms with Crippen molar-refractivity contribution in [3.63, 3.8) is 0 Å². The number of ether oxygens (including phenoxy) is 8.